The SMILES string of the molecule is Cc1c(OCCC[C@H]2CCN(CC(=O)N3CCN(c4cc5c(cc4F)C(=O)N(C4CCC(=O)NC4=O)C5=O)CC3)CC2(F)F)cccc1-c1ccc(N2CCc3cccc(C(=O)Nc4nc5ccccc5s4)c3C2)nc1C(=O)O. The van der Waals surface area contributed by atoms with Gasteiger partial charge in [0.1, 0.15) is 23.4 Å². The number of aromatic nitrogens is 2. The number of nitrogens with zero attached hydrogens (tertiary/aromatic N) is 7. The highest BCUT2D eigenvalue weighted by Crippen LogP contribution is 2.39. The molecule has 5 aliphatic heterocycles. The predicted molar refractivity (Wildman–Crippen MR) is 286 cm³/mol. The molecule has 7 heterocycles. The summed E-state index contributed by atoms with van der Waals surface area (Å²) in [6.45, 7) is 2.96. The quantitative estimate of drug-likeness (QED) is 0.0728. The number of ether oxygens (including phenoxy) is 1. The molecule has 4 aromatic carbocycles. The molecule has 3 saturated heterocycles. The number of fused-ring (bicyclic) bond motifs is 3. The molecule has 5 aliphatic rings. The van der Waals surface area contributed by atoms with Gasteiger partial charge in [-0.3, -0.25) is 49.2 Å². The summed E-state index contributed by atoms with van der Waals surface area (Å²) in [5.74, 6) is -8.60. The Hall–Kier alpha value is -8.24. The minimum absolute atomic E-state index is 0.0404. The number of imide groups is 2. The number of benzene rings is 4. The second-order valence-corrected chi connectivity index (χ2v) is 21.5. The van der Waals surface area contributed by atoms with Gasteiger partial charge in [0, 0.05) is 62.7 Å². The van der Waals surface area contributed by atoms with Crippen molar-refractivity contribution in [2.45, 2.75) is 64.0 Å². The molecule has 2 atom stereocenters. The summed E-state index contributed by atoms with van der Waals surface area (Å²) in [5.41, 5.74) is 4.40. The first-order valence-corrected chi connectivity index (χ1v) is 27.0. The summed E-state index contributed by atoms with van der Waals surface area (Å²) in [6, 6.07) is 23.1. The predicted octanol–water partition coefficient (Wildman–Crippen LogP) is 7.19. The van der Waals surface area contributed by atoms with Gasteiger partial charge in [0.2, 0.25) is 17.7 Å². The van der Waals surface area contributed by atoms with E-state index in [2.05, 4.69) is 20.6 Å². The maximum absolute atomic E-state index is 15.7. The van der Waals surface area contributed by atoms with Crippen LogP contribution in [0.25, 0.3) is 21.3 Å². The van der Waals surface area contributed by atoms with Gasteiger partial charge in [-0.2, -0.15) is 0 Å². The monoisotopic (exact) mass is 1100 g/mol. The molecule has 0 radical (unpaired) electrons. The zero-order valence-electron chi connectivity index (χ0n) is 42.9. The van der Waals surface area contributed by atoms with Crippen molar-refractivity contribution in [1.29, 1.82) is 0 Å². The Balaban J connectivity index is 0.658. The average molecular weight is 1100 g/mol. The lowest BCUT2D eigenvalue weighted by molar-refractivity contribution is -0.140. The van der Waals surface area contributed by atoms with E-state index in [0.29, 0.717) is 64.9 Å². The van der Waals surface area contributed by atoms with E-state index in [0.717, 1.165) is 32.3 Å². The molecule has 1 unspecified atom stereocenters. The van der Waals surface area contributed by atoms with Crippen molar-refractivity contribution < 1.29 is 56.6 Å². The first-order chi connectivity index (χ1) is 38.0. The van der Waals surface area contributed by atoms with Gasteiger partial charge >= 0.3 is 5.97 Å². The number of thiazole rings is 1. The summed E-state index contributed by atoms with van der Waals surface area (Å²) >= 11 is 1.39. The number of halogens is 3. The Morgan fingerprint density at radius 1 is 0.835 bits per heavy atom. The van der Waals surface area contributed by atoms with Crippen LogP contribution in [-0.4, -0.2) is 142 Å². The van der Waals surface area contributed by atoms with Crippen molar-refractivity contribution in [2.24, 2.45) is 5.92 Å². The van der Waals surface area contributed by atoms with Crippen molar-refractivity contribution in [2.75, 3.05) is 74.1 Å². The zero-order chi connectivity index (χ0) is 55.3. The van der Waals surface area contributed by atoms with Crippen LogP contribution in [0, 0.1) is 18.7 Å². The minimum Gasteiger partial charge on any atom is -0.493 e. The number of aromatic carboxylic acids is 1. The van der Waals surface area contributed by atoms with E-state index in [9.17, 15) is 38.7 Å². The number of nitrogens with one attached hydrogen (secondary N) is 2. The number of para-hydroxylation sites is 1. The number of piperidine rings is 2. The van der Waals surface area contributed by atoms with Gasteiger partial charge in [-0.15, -0.1) is 0 Å². The molecule has 0 spiro atoms. The summed E-state index contributed by atoms with van der Waals surface area (Å²) in [5, 5.41) is 16.0. The normalized spacial score (nSPS) is 19.3. The molecule has 6 amide bonds. The van der Waals surface area contributed by atoms with Crippen molar-refractivity contribution >= 4 is 79.6 Å². The van der Waals surface area contributed by atoms with E-state index in [-0.39, 0.29) is 106 Å². The molecule has 0 aliphatic carbocycles. The fraction of sp³-hybridized carbons (Fsp3) is 0.351. The van der Waals surface area contributed by atoms with Crippen molar-refractivity contribution in [3.8, 4) is 16.9 Å². The minimum atomic E-state index is -3.08. The van der Waals surface area contributed by atoms with Crippen LogP contribution in [0.2, 0.25) is 0 Å². The first-order valence-electron chi connectivity index (χ1n) is 26.2. The van der Waals surface area contributed by atoms with E-state index in [1.165, 1.54) is 27.2 Å². The number of pyridine rings is 1. The molecule has 11 rings (SSSR count). The lowest BCUT2D eigenvalue weighted by Crippen LogP contribution is -2.54. The smallest absolute Gasteiger partial charge is 0.355 e. The summed E-state index contributed by atoms with van der Waals surface area (Å²) in [7, 11) is 0. The van der Waals surface area contributed by atoms with E-state index < -0.39 is 59.8 Å². The van der Waals surface area contributed by atoms with Crippen LogP contribution >= 0.6 is 11.3 Å². The maximum Gasteiger partial charge on any atom is 0.355 e. The third-order valence-corrected chi connectivity index (χ3v) is 16.6. The molecular formula is C57H54F3N9O9S. The number of alkyl halides is 2. The highest BCUT2D eigenvalue weighted by Gasteiger charge is 2.47. The molecule has 79 heavy (non-hydrogen) atoms. The number of piperazine rings is 1. The van der Waals surface area contributed by atoms with Gasteiger partial charge in [0.15, 0.2) is 10.8 Å². The molecular weight excluding hydrogens is 1040 g/mol. The first kappa shape index (κ1) is 52.8. The lowest BCUT2D eigenvalue weighted by Gasteiger charge is -2.40. The van der Waals surface area contributed by atoms with E-state index >= 15 is 13.2 Å². The van der Waals surface area contributed by atoms with Crippen LogP contribution in [0.3, 0.4) is 0 Å². The van der Waals surface area contributed by atoms with Crippen LogP contribution < -0.4 is 25.2 Å². The molecule has 0 saturated carbocycles. The standard InChI is InChI=1S/C57H54F3N9O9S/c1-32-35(36-14-16-47(62-50(36)55(76)77)68-21-18-33-7-4-10-37(40(33)29-68)51(72)64-56-61-42-11-2-3-13-46(42)79-56)9-5-12-45(32)78-26-6-8-34-19-20-65(31-57(34,59)60)30-49(71)67-24-22-66(23-25-67)44-28-39-38(27-41(44)58)53(74)69(54(39)75)43-15-17-48(70)63-52(43)73/h2-5,7,9-14,16,27-28,34,43H,6,8,15,17-26,29-31H2,1H3,(H,76,77)(H,61,64,72)(H,63,70,73)/t34-,43?/m0/s1. The van der Waals surface area contributed by atoms with Crippen LogP contribution in [-0.2, 0) is 27.3 Å². The molecule has 2 aromatic heterocycles. The van der Waals surface area contributed by atoms with Gasteiger partial charge in [-0.25, -0.2) is 27.9 Å². The van der Waals surface area contributed by atoms with Crippen LogP contribution in [0.4, 0.5) is 29.8 Å². The van der Waals surface area contributed by atoms with E-state index in [4.69, 9.17) is 4.74 Å². The maximum atomic E-state index is 15.7. The highest BCUT2D eigenvalue weighted by atomic mass is 32.1. The number of likely N-dealkylation sites (tertiary alicyclic amines) is 1. The number of hydrogen-bond acceptors (Lipinski definition) is 14. The fourth-order valence-corrected chi connectivity index (χ4v) is 12.3. The largest absolute Gasteiger partial charge is 0.493 e. The molecule has 18 nitrogen and oxygen atoms in total. The van der Waals surface area contributed by atoms with Gasteiger partial charge < -0.3 is 24.5 Å². The second kappa shape index (κ2) is 21.5. The molecule has 3 N–H and O–H groups in total. The van der Waals surface area contributed by atoms with Crippen molar-refractivity contribution in [3.05, 3.63) is 130 Å². The second-order valence-electron chi connectivity index (χ2n) is 20.5. The Morgan fingerprint density at radius 3 is 2.37 bits per heavy atom. The number of hydrogen-bond donors (Lipinski definition) is 3. The van der Waals surface area contributed by atoms with Gasteiger partial charge in [-0.05, 0) is 116 Å². The number of rotatable bonds is 14. The number of carbonyl (C=O) groups is 7. The lowest BCUT2D eigenvalue weighted by atomic mass is 9.88. The Labute approximate surface area is 455 Å². The summed E-state index contributed by atoms with van der Waals surface area (Å²) in [4.78, 5) is 107. The Morgan fingerprint density at radius 2 is 1.61 bits per heavy atom. The van der Waals surface area contributed by atoms with E-state index in [1.807, 2.05) is 41.3 Å². The van der Waals surface area contributed by atoms with Crippen LogP contribution in [0.5, 0.6) is 5.75 Å². The Bertz CT molecular complexity index is 3460. The summed E-state index contributed by atoms with van der Waals surface area (Å²) < 4.78 is 54.1. The number of anilines is 3. The van der Waals surface area contributed by atoms with Gasteiger partial charge in [-0.1, -0.05) is 47.7 Å². The third-order valence-electron chi connectivity index (χ3n) is 15.6. The van der Waals surface area contributed by atoms with Crippen LogP contribution in [0.15, 0.2) is 84.9 Å². The number of carboxylic acid groups (broad SMARTS) is 1. The Kier molecular flexibility index (Phi) is 14.4. The van der Waals surface area contributed by atoms with Crippen molar-refractivity contribution in [3.63, 3.8) is 0 Å². The molecule has 0 bridgehead atoms. The zero-order valence-corrected chi connectivity index (χ0v) is 43.8. The van der Waals surface area contributed by atoms with Gasteiger partial charge in [0.25, 0.3) is 23.6 Å². The highest BCUT2D eigenvalue weighted by molar-refractivity contribution is 7.22. The fourth-order valence-electron chi connectivity index (χ4n) is 11.4. The third kappa shape index (κ3) is 10.5. The van der Waals surface area contributed by atoms with E-state index in [1.54, 1.807) is 48.2 Å². The molecule has 3 fully saturated rings. The molecule has 22 heteroatoms. The summed E-state index contributed by atoms with van der Waals surface area (Å²) in [6.07, 6.45) is 1.18. The average Bonchev–Trinajstić information content (AvgIpc) is 4.19. The number of amides is 6. The number of carboxylic acids is 1. The molecule has 6 aromatic rings. The topological polar surface area (TPSA) is 215 Å². The number of carbonyl (C=O) groups excluding carboxylic acids is 6. The molecule has 408 valence electrons. The van der Waals surface area contributed by atoms with Crippen LogP contribution in [0.1, 0.15) is 90.4 Å². The van der Waals surface area contributed by atoms with Gasteiger partial charge in [0.05, 0.1) is 46.7 Å². The van der Waals surface area contributed by atoms with Crippen molar-refractivity contribution in [1.82, 2.24) is 30.0 Å².